The lowest BCUT2D eigenvalue weighted by molar-refractivity contribution is -0.114. The Balaban J connectivity index is 1.83. The van der Waals surface area contributed by atoms with Crippen LogP contribution in [0.15, 0.2) is 46.5 Å². The fourth-order valence-electron chi connectivity index (χ4n) is 2.87. The van der Waals surface area contributed by atoms with E-state index >= 15 is 0 Å². The van der Waals surface area contributed by atoms with Gasteiger partial charge in [-0.3, -0.25) is 10.2 Å². The maximum absolute atomic E-state index is 12.5. The summed E-state index contributed by atoms with van der Waals surface area (Å²) in [7, 11) is 1.55. The fourth-order valence-corrected chi connectivity index (χ4v) is 3.79. The van der Waals surface area contributed by atoms with E-state index in [1.807, 2.05) is 0 Å². The number of benzene rings is 1. The zero-order valence-electron chi connectivity index (χ0n) is 16.6. The molecule has 0 radical (unpaired) electrons. The van der Waals surface area contributed by atoms with Gasteiger partial charge in [0.05, 0.1) is 12.7 Å². The minimum absolute atomic E-state index is 0.0314. The molecule has 2 heterocycles. The van der Waals surface area contributed by atoms with Gasteiger partial charge < -0.3 is 9.47 Å². The Morgan fingerprint density at radius 2 is 2.14 bits per heavy atom. The summed E-state index contributed by atoms with van der Waals surface area (Å²) in [6.45, 7) is 6.14. The number of amides is 1. The number of hydrazone groups is 1. The van der Waals surface area contributed by atoms with Crippen molar-refractivity contribution in [3.8, 4) is 11.5 Å². The second-order valence-corrected chi connectivity index (χ2v) is 7.52. The highest BCUT2D eigenvalue weighted by atomic mass is 32.2. The van der Waals surface area contributed by atoms with Crippen LogP contribution in [0.3, 0.4) is 0 Å². The van der Waals surface area contributed by atoms with Crippen molar-refractivity contribution in [2.75, 3.05) is 13.7 Å². The Bertz CT molecular complexity index is 921. The zero-order chi connectivity index (χ0) is 20.8. The molecule has 2 aliphatic heterocycles. The number of rotatable bonds is 9. The lowest BCUT2D eigenvalue weighted by Gasteiger charge is -2.20. The molecule has 1 aromatic rings. The summed E-state index contributed by atoms with van der Waals surface area (Å²) in [6, 6.07) is 5.31. The molecule has 0 spiro atoms. The number of methoxy groups -OCH3 is 1. The molecule has 3 rings (SSSR count). The van der Waals surface area contributed by atoms with Crippen molar-refractivity contribution < 1.29 is 14.3 Å². The second kappa shape index (κ2) is 9.56. The summed E-state index contributed by atoms with van der Waals surface area (Å²) in [4.78, 5) is 16.7. The van der Waals surface area contributed by atoms with Crippen LogP contribution in [0.4, 0.5) is 0 Å². The average molecular weight is 413 g/mol. The number of hydrogen-bond acceptors (Lipinski definition) is 6. The highest BCUT2D eigenvalue weighted by Crippen LogP contribution is 2.32. The standard InChI is InChI=1S/C21H24N4O3S/c1-4-6-7-8-18-24-25-19(22)15(20(26)23-21(25)29-18)12-14-9-10-16(28-11-5-2)17(13-14)27-3/h5,9-10,12-13,22H,2,4,6-8,11H2,1,3H3. The molecule has 0 saturated carbocycles. The van der Waals surface area contributed by atoms with Gasteiger partial charge in [-0.05, 0) is 48.4 Å². The van der Waals surface area contributed by atoms with Gasteiger partial charge in [0.1, 0.15) is 11.7 Å². The van der Waals surface area contributed by atoms with Crippen molar-refractivity contribution in [3.63, 3.8) is 0 Å². The predicted octanol–water partition coefficient (Wildman–Crippen LogP) is 4.46. The van der Waals surface area contributed by atoms with Crippen molar-refractivity contribution in [3.05, 3.63) is 42.0 Å². The van der Waals surface area contributed by atoms with Crippen molar-refractivity contribution in [2.24, 2.45) is 10.1 Å². The molecular weight excluding hydrogens is 388 g/mol. The number of ether oxygens (including phenoxy) is 2. The summed E-state index contributed by atoms with van der Waals surface area (Å²) in [5.41, 5.74) is 0.897. The largest absolute Gasteiger partial charge is 0.493 e. The topological polar surface area (TPSA) is 87.3 Å². The molecule has 7 nitrogen and oxygen atoms in total. The van der Waals surface area contributed by atoms with E-state index < -0.39 is 5.91 Å². The molecule has 1 aromatic carbocycles. The van der Waals surface area contributed by atoms with Gasteiger partial charge in [0, 0.05) is 0 Å². The molecular formula is C21H24N4O3S. The molecule has 0 aliphatic carbocycles. The smallest absolute Gasteiger partial charge is 0.283 e. The Labute approximate surface area is 174 Å². The monoisotopic (exact) mass is 412 g/mol. The van der Waals surface area contributed by atoms with E-state index in [2.05, 4.69) is 23.6 Å². The summed E-state index contributed by atoms with van der Waals surface area (Å²) < 4.78 is 10.9. The van der Waals surface area contributed by atoms with E-state index in [-0.39, 0.29) is 11.4 Å². The first-order chi connectivity index (χ1) is 14.1. The predicted molar refractivity (Wildman–Crippen MR) is 118 cm³/mol. The average Bonchev–Trinajstić information content (AvgIpc) is 3.13. The van der Waals surface area contributed by atoms with Gasteiger partial charge in [-0.2, -0.15) is 15.1 Å². The first kappa shape index (κ1) is 20.9. The highest BCUT2D eigenvalue weighted by Gasteiger charge is 2.35. The number of carbonyl (C=O) groups excluding carboxylic acids is 1. The number of nitrogens with one attached hydrogen (secondary N) is 1. The van der Waals surface area contributed by atoms with E-state index in [0.717, 1.165) is 30.7 Å². The maximum atomic E-state index is 12.5. The van der Waals surface area contributed by atoms with Gasteiger partial charge in [0.15, 0.2) is 17.3 Å². The second-order valence-electron chi connectivity index (χ2n) is 6.48. The molecule has 0 unspecified atom stereocenters. The van der Waals surface area contributed by atoms with Gasteiger partial charge in [0.25, 0.3) is 5.91 Å². The van der Waals surface area contributed by atoms with E-state index in [0.29, 0.717) is 28.8 Å². The third-order valence-electron chi connectivity index (χ3n) is 4.35. The molecule has 0 aromatic heterocycles. The number of hydrogen-bond donors (Lipinski definition) is 1. The van der Waals surface area contributed by atoms with Crippen LogP contribution in [0.2, 0.25) is 0 Å². The highest BCUT2D eigenvalue weighted by molar-refractivity contribution is 8.26. The van der Waals surface area contributed by atoms with E-state index in [1.165, 1.54) is 16.8 Å². The lowest BCUT2D eigenvalue weighted by atomic mass is 10.1. The van der Waals surface area contributed by atoms with Crippen LogP contribution in [0.5, 0.6) is 11.5 Å². The lowest BCUT2D eigenvalue weighted by Crippen LogP contribution is -2.35. The van der Waals surface area contributed by atoms with Crippen LogP contribution in [0.25, 0.3) is 6.08 Å². The molecule has 1 amide bonds. The fraction of sp³-hybridized carbons (Fsp3) is 0.333. The minimum Gasteiger partial charge on any atom is -0.493 e. The van der Waals surface area contributed by atoms with Crippen LogP contribution in [-0.2, 0) is 4.79 Å². The summed E-state index contributed by atoms with van der Waals surface area (Å²) in [5.74, 6) is 0.707. The van der Waals surface area contributed by atoms with Gasteiger partial charge in [-0.25, -0.2) is 0 Å². The summed E-state index contributed by atoms with van der Waals surface area (Å²) in [6.07, 6.45) is 7.40. The number of amidine groups is 2. The van der Waals surface area contributed by atoms with Crippen molar-refractivity contribution in [1.82, 2.24) is 5.01 Å². The summed E-state index contributed by atoms with van der Waals surface area (Å²) in [5, 5.41) is 15.7. The quantitative estimate of drug-likeness (QED) is 0.368. The van der Waals surface area contributed by atoms with E-state index in [4.69, 9.17) is 14.9 Å². The zero-order valence-corrected chi connectivity index (χ0v) is 17.4. The third-order valence-corrected chi connectivity index (χ3v) is 5.31. The van der Waals surface area contributed by atoms with Crippen LogP contribution in [0, 0.1) is 5.41 Å². The molecule has 1 N–H and O–H groups in total. The molecule has 152 valence electrons. The van der Waals surface area contributed by atoms with Crippen LogP contribution < -0.4 is 9.47 Å². The minimum atomic E-state index is -0.440. The number of unbranched alkanes of at least 4 members (excludes halogenated alkanes) is 2. The number of fused-ring (bicyclic) bond motifs is 1. The maximum Gasteiger partial charge on any atom is 0.283 e. The first-order valence-corrected chi connectivity index (χ1v) is 10.3. The SMILES string of the molecule is C=CCOc1ccc(C=C2C(=N)N3N=C(CCCCC)SC3=NC2=O)cc1OC. The van der Waals surface area contributed by atoms with Crippen molar-refractivity contribution >= 4 is 39.8 Å². The molecule has 0 fully saturated rings. The van der Waals surface area contributed by atoms with Gasteiger partial charge in [-0.1, -0.05) is 38.5 Å². The van der Waals surface area contributed by atoms with Gasteiger partial charge in [-0.15, -0.1) is 0 Å². The Hall–Kier alpha value is -2.87. The van der Waals surface area contributed by atoms with Crippen LogP contribution in [0.1, 0.15) is 38.2 Å². The molecule has 29 heavy (non-hydrogen) atoms. The summed E-state index contributed by atoms with van der Waals surface area (Å²) >= 11 is 1.37. The normalized spacial score (nSPS) is 17.2. The van der Waals surface area contributed by atoms with E-state index in [1.54, 1.807) is 37.5 Å². The van der Waals surface area contributed by atoms with Crippen molar-refractivity contribution in [2.45, 2.75) is 32.6 Å². The Morgan fingerprint density at radius 3 is 2.86 bits per heavy atom. The van der Waals surface area contributed by atoms with Gasteiger partial charge >= 0.3 is 0 Å². The number of carbonyl (C=O) groups is 1. The van der Waals surface area contributed by atoms with Crippen LogP contribution >= 0.6 is 11.8 Å². The van der Waals surface area contributed by atoms with E-state index in [9.17, 15) is 4.79 Å². The Kier molecular flexibility index (Phi) is 6.87. The number of aliphatic imine (C=N–C) groups is 1. The van der Waals surface area contributed by atoms with Crippen LogP contribution in [-0.4, -0.2) is 40.7 Å². The molecule has 8 heteroatoms. The third kappa shape index (κ3) is 4.76. The Morgan fingerprint density at radius 1 is 1.31 bits per heavy atom. The molecule has 0 atom stereocenters. The number of nitrogens with zero attached hydrogens (tertiary/aromatic N) is 3. The van der Waals surface area contributed by atoms with Crippen molar-refractivity contribution in [1.29, 1.82) is 5.41 Å². The van der Waals surface area contributed by atoms with Gasteiger partial charge in [0.2, 0.25) is 5.17 Å². The molecule has 0 saturated heterocycles. The first-order valence-electron chi connectivity index (χ1n) is 9.48. The molecule has 0 bridgehead atoms. The number of thioether (sulfide) groups is 1. The molecule has 2 aliphatic rings.